The summed E-state index contributed by atoms with van der Waals surface area (Å²) in [6, 6.07) is 5.44. The summed E-state index contributed by atoms with van der Waals surface area (Å²) >= 11 is 0. The number of nitrogens with one attached hydrogen (secondary N) is 2. The van der Waals surface area contributed by atoms with Crippen molar-refractivity contribution in [2.24, 2.45) is 5.10 Å². The zero-order valence-electron chi connectivity index (χ0n) is 9.24. The molecule has 0 fully saturated rings. The molecule has 0 unspecified atom stereocenters. The standard InChI is InChI=1S/C11H12FN3O2/c1-2-17-11(16)10(7-13)15-14-9-5-3-8(12)4-6-9/h3-7,13-14H,2H2,1H3/b13-7?,15-10+. The maximum Gasteiger partial charge on any atom is 0.360 e. The highest BCUT2D eigenvalue weighted by Gasteiger charge is 2.09. The summed E-state index contributed by atoms with van der Waals surface area (Å²) in [6.07, 6.45) is 0.786. The Morgan fingerprint density at radius 2 is 2.18 bits per heavy atom. The highest BCUT2D eigenvalue weighted by Crippen LogP contribution is 2.07. The summed E-state index contributed by atoms with van der Waals surface area (Å²) in [6.45, 7) is 1.87. The third-order valence-electron chi connectivity index (χ3n) is 1.77. The van der Waals surface area contributed by atoms with Crippen molar-refractivity contribution in [1.82, 2.24) is 0 Å². The molecule has 0 aliphatic heterocycles. The van der Waals surface area contributed by atoms with Gasteiger partial charge in [-0.05, 0) is 31.2 Å². The van der Waals surface area contributed by atoms with Crippen molar-refractivity contribution in [2.45, 2.75) is 6.92 Å². The summed E-state index contributed by atoms with van der Waals surface area (Å²) < 4.78 is 17.3. The van der Waals surface area contributed by atoms with E-state index in [-0.39, 0.29) is 18.1 Å². The van der Waals surface area contributed by atoms with Gasteiger partial charge in [0.2, 0.25) is 0 Å². The predicted octanol–water partition coefficient (Wildman–Crippen LogP) is 1.81. The summed E-state index contributed by atoms with van der Waals surface area (Å²) in [5.41, 5.74) is 2.88. The molecule has 0 saturated carbocycles. The van der Waals surface area contributed by atoms with Gasteiger partial charge >= 0.3 is 5.97 Å². The van der Waals surface area contributed by atoms with Crippen molar-refractivity contribution in [1.29, 1.82) is 5.41 Å². The summed E-state index contributed by atoms with van der Waals surface area (Å²) in [5, 5.41) is 10.7. The molecule has 1 rings (SSSR count). The lowest BCUT2D eigenvalue weighted by molar-refractivity contribution is -0.134. The molecule has 0 atom stereocenters. The number of nitrogens with zero attached hydrogens (tertiary/aromatic N) is 1. The Labute approximate surface area is 97.8 Å². The molecule has 0 saturated heterocycles. The smallest absolute Gasteiger partial charge is 0.360 e. The van der Waals surface area contributed by atoms with Gasteiger partial charge in [0.05, 0.1) is 18.5 Å². The number of benzene rings is 1. The number of halogens is 1. The number of hydrogen-bond donors (Lipinski definition) is 2. The average Bonchev–Trinajstić information content (AvgIpc) is 2.32. The number of esters is 1. The maximum atomic E-state index is 12.6. The molecule has 0 spiro atoms. The number of ether oxygens (including phenoxy) is 1. The van der Waals surface area contributed by atoms with E-state index in [4.69, 9.17) is 5.41 Å². The third-order valence-corrected chi connectivity index (χ3v) is 1.77. The maximum absolute atomic E-state index is 12.6. The van der Waals surface area contributed by atoms with Crippen LogP contribution in [0.1, 0.15) is 6.92 Å². The molecule has 1 aromatic rings. The first-order valence-electron chi connectivity index (χ1n) is 4.94. The summed E-state index contributed by atoms with van der Waals surface area (Å²) in [4.78, 5) is 11.2. The van der Waals surface area contributed by atoms with Crippen molar-refractivity contribution in [3.05, 3.63) is 30.1 Å². The minimum Gasteiger partial charge on any atom is -0.461 e. The molecule has 17 heavy (non-hydrogen) atoms. The minimum absolute atomic E-state index is 0.156. The summed E-state index contributed by atoms with van der Waals surface area (Å²) in [5.74, 6) is -1.05. The molecule has 0 aliphatic carbocycles. The number of carbonyl (C=O) groups excluding carboxylic acids is 1. The molecule has 90 valence electrons. The van der Waals surface area contributed by atoms with Gasteiger partial charge in [0, 0.05) is 0 Å². The monoisotopic (exact) mass is 237 g/mol. The van der Waals surface area contributed by atoms with Crippen molar-refractivity contribution in [3.63, 3.8) is 0 Å². The fourth-order valence-corrected chi connectivity index (χ4v) is 0.991. The first-order chi connectivity index (χ1) is 8.17. The fraction of sp³-hybridized carbons (Fsp3) is 0.182. The Kier molecular flexibility index (Phi) is 4.80. The Bertz CT molecular complexity index is 429. The van der Waals surface area contributed by atoms with Gasteiger partial charge in [-0.25, -0.2) is 9.18 Å². The van der Waals surface area contributed by atoms with Gasteiger partial charge in [-0.15, -0.1) is 0 Å². The van der Waals surface area contributed by atoms with Crippen LogP contribution >= 0.6 is 0 Å². The molecule has 0 aromatic heterocycles. The van der Waals surface area contributed by atoms with Crippen LogP contribution in [0.25, 0.3) is 0 Å². The van der Waals surface area contributed by atoms with Crippen molar-refractivity contribution < 1.29 is 13.9 Å². The Hall–Kier alpha value is -2.24. The second-order valence-corrected chi connectivity index (χ2v) is 2.98. The molecule has 0 bridgehead atoms. The van der Waals surface area contributed by atoms with Crippen molar-refractivity contribution in [2.75, 3.05) is 12.0 Å². The molecule has 0 aliphatic rings. The van der Waals surface area contributed by atoms with Gasteiger partial charge in [-0.1, -0.05) is 0 Å². The van der Waals surface area contributed by atoms with Gasteiger partial charge in [-0.2, -0.15) is 5.10 Å². The lowest BCUT2D eigenvalue weighted by atomic mass is 10.3. The lowest BCUT2D eigenvalue weighted by Crippen LogP contribution is -2.19. The molecule has 0 heterocycles. The highest BCUT2D eigenvalue weighted by molar-refractivity contribution is 6.58. The Morgan fingerprint density at radius 3 is 2.71 bits per heavy atom. The van der Waals surface area contributed by atoms with Gasteiger partial charge in [0.15, 0.2) is 5.71 Å². The molecule has 1 aromatic carbocycles. The van der Waals surface area contributed by atoms with Gasteiger partial charge in [-0.3, -0.25) is 5.43 Å². The number of carbonyl (C=O) groups is 1. The lowest BCUT2D eigenvalue weighted by Gasteiger charge is -2.02. The van der Waals surface area contributed by atoms with Crippen molar-refractivity contribution >= 4 is 23.6 Å². The van der Waals surface area contributed by atoms with Crippen LogP contribution in [0.15, 0.2) is 29.4 Å². The molecular formula is C11H12FN3O2. The number of anilines is 1. The zero-order valence-corrected chi connectivity index (χ0v) is 9.24. The third kappa shape index (κ3) is 4.02. The molecule has 6 heteroatoms. The van der Waals surface area contributed by atoms with Crippen LogP contribution in [-0.2, 0) is 9.53 Å². The second-order valence-electron chi connectivity index (χ2n) is 2.98. The van der Waals surface area contributed by atoms with Gasteiger partial charge in [0.1, 0.15) is 5.82 Å². The van der Waals surface area contributed by atoms with E-state index in [1.54, 1.807) is 6.92 Å². The molecule has 5 nitrogen and oxygen atoms in total. The van der Waals surface area contributed by atoms with Crippen LogP contribution in [-0.4, -0.2) is 24.5 Å². The number of rotatable bonds is 5. The topological polar surface area (TPSA) is 74.5 Å². The van der Waals surface area contributed by atoms with Crippen LogP contribution in [0.2, 0.25) is 0 Å². The van der Waals surface area contributed by atoms with E-state index < -0.39 is 5.97 Å². The number of hydrazone groups is 1. The fourth-order valence-electron chi connectivity index (χ4n) is 0.991. The first kappa shape index (κ1) is 12.8. The van der Waals surface area contributed by atoms with Crippen LogP contribution in [0, 0.1) is 11.2 Å². The SMILES string of the molecule is CCOC(=O)/C(C=N)=N/Nc1ccc(F)cc1. The van der Waals surface area contributed by atoms with Crippen LogP contribution in [0.3, 0.4) is 0 Å². The molecule has 0 radical (unpaired) electrons. The van der Waals surface area contributed by atoms with E-state index in [0.717, 1.165) is 6.21 Å². The van der Waals surface area contributed by atoms with Crippen LogP contribution in [0.5, 0.6) is 0 Å². The van der Waals surface area contributed by atoms with E-state index >= 15 is 0 Å². The number of hydrogen-bond acceptors (Lipinski definition) is 5. The van der Waals surface area contributed by atoms with E-state index in [1.165, 1.54) is 24.3 Å². The van der Waals surface area contributed by atoms with E-state index in [0.29, 0.717) is 5.69 Å². The second kappa shape index (κ2) is 6.37. The van der Waals surface area contributed by atoms with E-state index in [2.05, 4.69) is 15.3 Å². The van der Waals surface area contributed by atoms with Crippen molar-refractivity contribution in [3.8, 4) is 0 Å². The highest BCUT2D eigenvalue weighted by atomic mass is 19.1. The molecule has 0 amide bonds. The van der Waals surface area contributed by atoms with Gasteiger partial charge in [0.25, 0.3) is 0 Å². The zero-order chi connectivity index (χ0) is 12.7. The quantitative estimate of drug-likeness (QED) is 0.466. The first-order valence-corrected chi connectivity index (χ1v) is 4.94. The normalized spacial score (nSPS) is 10.8. The average molecular weight is 237 g/mol. The predicted molar refractivity (Wildman–Crippen MR) is 62.9 cm³/mol. The Morgan fingerprint density at radius 1 is 1.53 bits per heavy atom. The largest absolute Gasteiger partial charge is 0.461 e. The van der Waals surface area contributed by atoms with Crippen LogP contribution in [0.4, 0.5) is 10.1 Å². The van der Waals surface area contributed by atoms with E-state index in [9.17, 15) is 9.18 Å². The molecule has 2 N–H and O–H groups in total. The Balaban J connectivity index is 2.70. The van der Waals surface area contributed by atoms with Gasteiger partial charge < -0.3 is 10.1 Å². The van der Waals surface area contributed by atoms with E-state index in [1.807, 2.05) is 0 Å². The minimum atomic E-state index is -0.683. The summed E-state index contributed by atoms with van der Waals surface area (Å²) in [7, 11) is 0. The molecular weight excluding hydrogens is 225 g/mol. The van der Waals surface area contributed by atoms with Crippen LogP contribution < -0.4 is 5.43 Å².